The standard InChI is InChI=1S/C41H39FN4O6/c1-26-8-10-27(11-9-26)12-15-37(47)46-40(17-18-40)25-51-36-24-32-30(23-35(36)50-2)33(16-21-43-32)52-34-14-13-29(22-31(34)42)45-39(49)41(19-20-41)38(48)44-28-6-4-3-5-7-28/h3-11,13-14,16,21-24H,12,15,17-20,25H2,1-2H3,(H,44,48)(H,45,49)(H,46,47). The highest BCUT2D eigenvalue weighted by molar-refractivity contribution is 6.16. The summed E-state index contributed by atoms with van der Waals surface area (Å²) in [5.74, 6) is -0.463. The van der Waals surface area contributed by atoms with Crippen LogP contribution in [0.15, 0.2) is 97.2 Å². The molecule has 3 N–H and O–H groups in total. The van der Waals surface area contributed by atoms with Crippen molar-refractivity contribution in [1.82, 2.24) is 10.3 Å². The number of rotatable bonds is 14. The molecule has 0 radical (unpaired) electrons. The predicted octanol–water partition coefficient (Wildman–Crippen LogP) is 7.50. The van der Waals surface area contributed by atoms with Gasteiger partial charge in [0.1, 0.15) is 17.8 Å². The van der Waals surface area contributed by atoms with Crippen LogP contribution in [-0.2, 0) is 20.8 Å². The highest BCUT2D eigenvalue weighted by Crippen LogP contribution is 2.48. The van der Waals surface area contributed by atoms with Gasteiger partial charge in [-0.2, -0.15) is 0 Å². The number of pyridine rings is 1. The SMILES string of the molecule is COc1cc2c(Oc3ccc(NC(=O)C4(C(=O)Nc5ccccc5)CC4)cc3F)ccnc2cc1OCC1(NC(=O)CCc2ccc(C)cc2)CC1. The largest absolute Gasteiger partial charge is 0.493 e. The van der Waals surface area contributed by atoms with Gasteiger partial charge in [-0.1, -0.05) is 48.0 Å². The maximum absolute atomic E-state index is 15.4. The molecule has 10 nitrogen and oxygen atoms in total. The molecule has 0 bridgehead atoms. The normalized spacial score (nSPS) is 14.9. The number of nitrogens with zero attached hydrogens (tertiary/aromatic N) is 1. The van der Waals surface area contributed by atoms with Crippen LogP contribution in [0.2, 0.25) is 0 Å². The van der Waals surface area contributed by atoms with Gasteiger partial charge in [0.25, 0.3) is 0 Å². The van der Waals surface area contributed by atoms with Crippen molar-refractivity contribution in [3.05, 3.63) is 114 Å². The number of para-hydroxylation sites is 1. The van der Waals surface area contributed by atoms with Gasteiger partial charge in [-0.15, -0.1) is 0 Å². The van der Waals surface area contributed by atoms with Gasteiger partial charge in [-0.25, -0.2) is 4.39 Å². The van der Waals surface area contributed by atoms with Gasteiger partial charge < -0.3 is 30.2 Å². The van der Waals surface area contributed by atoms with Crippen LogP contribution in [0.25, 0.3) is 10.9 Å². The topological polar surface area (TPSA) is 128 Å². The van der Waals surface area contributed by atoms with Crippen LogP contribution in [0.3, 0.4) is 0 Å². The summed E-state index contributed by atoms with van der Waals surface area (Å²) in [5.41, 5.74) is 2.01. The smallest absolute Gasteiger partial charge is 0.240 e. The number of halogens is 1. The number of carbonyl (C=O) groups is 3. The van der Waals surface area contributed by atoms with Crippen LogP contribution in [-0.4, -0.2) is 42.0 Å². The van der Waals surface area contributed by atoms with E-state index in [4.69, 9.17) is 14.2 Å². The van der Waals surface area contributed by atoms with Gasteiger partial charge in [-0.05, 0) is 81.0 Å². The minimum absolute atomic E-state index is 0.0173. The molecule has 0 atom stereocenters. The number of nitrogens with one attached hydrogen (secondary N) is 3. The van der Waals surface area contributed by atoms with Gasteiger partial charge in [0.15, 0.2) is 23.1 Å². The van der Waals surface area contributed by atoms with E-state index < -0.39 is 28.6 Å². The highest BCUT2D eigenvalue weighted by atomic mass is 19.1. The molecule has 0 aliphatic heterocycles. The van der Waals surface area contributed by atoms with Gasteiger partial charge in [0.05, 0.1) is 18.2 Å². The van der Waals surface area contributed by atoms with Crippen LogP contribution in [0, 0.1) is 18.2 Å². The van der Waals surface area contributed by atoms with E-state index in [1.807, 2.05) is 37.3 Å². The Morgan fingerprint density at radius 1 is 0.788 bits per heavy atom. The number of benzene rings is 4. The first-order valence-electron chi connectivity index (χ1n) is 17.3. The number of anilines is 2. The molecule has 0 spiro atoms. The summed E-state index contributed by atoms with van der Waals surface area (Å²) >= 11 is 0. The quantitative estimate of drug-likeness (QED) is 0.102. The Balaban J connectivity index is 0.984. The van der Waals surface area contributed by atoms with E-state index in [1.54, 1.807) is 48.7 Å². The molecule has 2 aliphatic rings. The van der Waals surface area contributed by atoms with Crippen molar-refractivity contribution in [3.8, 4) is 23.0 Å². The second-order valence-electron chi connectivity index (χ2n) is 13.5. The Morgan fingerprint density at radius 3 is 2.19 bits per heavy atom. The Labute approximate surface area is 300 Å². The molecule has 4 aromatic carbocycles. The summed E-state index contributed by atoms with van der Waals surface area (Å²) in [4.78, 5) is 43.3. The zero-order valence-electron chi connectivity index (χ0n) is 29.0. The van der Waals surface area contributed by atoms with Gasteiger partial charge in [-0.3, -0.25) is 19.4 Å². The first kappa shape index (κ1) is 34.5. The number of aryl methyl sites for hydroxylation is 2. The Morgan fingerprint density at radius 2 is 1.52 bits per heavy atom. The van der Waals surface area contributed by atoms with Crippen molar-refractivity contribution in [1.29, 1.82) is 0 Å². The van der Waals surface area contributed by atoms with Crippen LogP contribution >= 0.6 is 0 Å². The molecule has 2 saturated carbocycles. The molecular weight excluding hydrogens is 663 g/mol. The number of hydrogen-bond donors (Lipinski definition) is 3. The van der Waals surface area contributed by atoms with Gasteiger partial charge in [0.2, 0.25) is 17.7 Å². The minimum Gasteiger partial charge on any atom is -0.493 e. The zero-order chi connectivity index (χ0) is 36.3. The Kier molecular flexibility index (Phi) is 9.51. The predicted molar refractivity (Wildman–Crippen MR) is 195 cm³/mol. The number of ether oxygens (including phenoxy) is 3. The number of amides is 3. The van der Waals surface area contributed by atoms with Crippen LogP contribution in [0.1, 0.15) is 43.2 Å². The first-order chi connectivity index (χ1) is 25.1. The van der Waals surface area contributed by atoms with Crippen LogP contribution < -0.4 is 30.2 Å². The molecule has 11 heteroatoms. The van der Waals surface area contributed by atoms with Crippen molar-refractivity contribution in [2.45, 2.75) is 51.0 Å². The van der Waals surface area contributed by atoms with Gasteiger partial charge in [0, 0.05) is 41.5 Å². The molecule has 1 heterocycles. The maximum Gasteiger partial charge on any atom is 0.240 e. The summed E-state index contributed by atoms with van der Waals surface area (Å²) < 4.78 is 33.2. The number of aromatic nitrogens is 1. The van der Waals surface area contributed by atoms with Crippen molar-refractivity contribution in [3.63, 3.8) is 0 Å². The van der Waals surface area contributed by atoms with Crippen molar-refractivity contribution in [2.75, 3.05) is 24.4 Å². The van der Waals surface area contributed by atoms with E-state index in [2.05, 4.69) is 20.9 Å². The molecule has 0 saturated heterocycles. The highest BCUT2D eigenvalue weighted by Gasteiger charge is 2.56. The second-order valence-corrected chi connectivity index (χ2v) is 13.5. The summed E-state index contributed by atoms with van der Waals surface area (Å²) in [6.07, 6.45) is 5.04. The molecule has 5 aromatic rings. The van der Waals surface area contributed by atoms with Crippen molar-refractivity contribution < 1.29 is 33.0 Å². The third-order valence-corrected chi connectivity index (χ3v) is 9.57. The fraction of sp³-hybridized carbons (Fsp3) is 0.268. The van der Waals surface area contributed by atoms with E-state index in [-0.39, 0.29) is 24.0 Å². The summed E-state index contributed by atoms with van der Waals surface area (Å²) in [7, 11) is 1.52. The Hall–Kier alpha value is -5.97. The van der Waals surface area contributed by atoms with E-state index in [0.717, 1.165) is 24.5 Å². The molecular formula is C41H39FN4O6. The minimum atomic E-state index is -1.20. The van der Waals surface area contributed by atoms with Crippen molar-refractivity contribution in [2.24, 2.45) is 5.41 Å². The van der Waals surface area contributed by atoms with E-state index >= 15 is 4.39 Å². The Bertz CT molecular complexity index is 2130. The summed E-state index contributed by atoms with van der Waals surface area (Å²) in [6, 6.07) is 26.3. The average molecular weight is 703 g/mol. The molecule has 1 aromatic heterocycles. The molecule has 3 amide bonds. The molecule has 7 rings (SSSR count). The van der Waals surface area contributed by atoms with Crippen LogP contribution in [0.4, 0.5) is 15.8 Å². The van der Waals surface area contributed by atoms with Crippen LogP contribution in [0.5, 0.6) is 23.0 Å². The molecule has 0 unspecified atom stereocenters. The van der Waals surface area contributed by atoms with E-state index in [1.165, 1.54) is 24.8 Å². The van der Waals surface area contributed by atoms with Crippen molar-refractivity contribution >= 4 is 40.0 Å². The zero-order valence-corrected chi connectivity index (χ0v) is 29.0. The number of hydrogen-bond acceptors (Lipinski definition) is 7. The lowest BCUT2D eigenvalue weighted by Gasteiger charge is -2.20. The fourth-order valence-electron chi connectivity index (χ4n) is 6.02. The summed E-state index contributed by atoms with van der Waals surface area (Å²) in [6.45, 7) is 2.31. The molecule has 2 aliphatic carbocycles. The van der Waals surface area contributed by atoms with E-state index in [0.29, 0.717) is 59.5 Å². The lowest BCUT2D eigenvalue weighted by atomic mass is 10.0. The number of fused-ring (bicyclic) bond motifs is 1. The third-order valence-electron chi connectivity index (χ3n) is 9.57. The second kappa shape index (κ2) is 14.3. The monoisotopic (exact) mass is 702 g/mol. The average Bonchev–Trinajstić information content (AvgIpc) is 4.09. The first-order valence-corrected chi connectivity index (χ1v) is 17.3. The van der Waals surface area contributed by atoms with E-state index in [9.17, 15) is 14.4 Å². The lowest BCUT2D eigenvalue weighted by Crippen LogP contribution is -2.41. The fourth-order valence-corrected chi connectivity index (χ4v) is 6.02. The molecule has 266 valence electrons. The third kappa shape index (κ3) is 7.68. The molecule has 52 heavy (non-hydrogen) atoms. The van der Waals surface area contributed by atoms with Gasteiger partial charge >= 0.3 is 0 Å². The number of carbonyl (C=O) groups excluding carboxylic acids is 3. The molecule has 2 fully saturated rings. The lowest BCUT2D eigenvalue weighted by molar-refractivity contribution is -0.131. The number of methoxy groups -OCH3 is 1. The maximum atomic E-state index is 15.4. The summed E-state index contributed by atoms with van der Waals surface area (Å²) in [5, 5.41) is 9.20.